The first-order valence-corrected chi connectivity index (χ1v) is 4.27. The summed E-state index contributed by atoms with van der Waals surface area (Å²) in [7, 11) is 0. The fourth-order valence-corrected chi connectivity index (χ4v) is 2.03. The van der Waals surface area contributed by atoms with Gasteiger partial charge in [-0.05, 0) is 18.8 Å². The second-order valence-electron chi connectivity index (χ2n) is 3.53. The molecular formula is C9H14O2. The Morgan fingerprint density at radius 3 is 2.82 bits per heavy atom. The van der Waals surface area contributed by atoms with E-state index in [1.54, 1.807) is 0 Å². The lowest BCUT2D eigenvalue weighted by atomic mass is 9.84. The standard InChI is InChI=1S/C9H14O2/c1-6-7-4-2-3-5-8(7)11-9(6)10/h2-3,6-10H,4-5H2,1H3. The predicted molar refractivity (Wildman–Crippen MR) is 41.9 cm³/mol. The van der Waals surface area contributed by atoms with Gasteiger partial charge in [-0.1, -0.05) is 19.1 Å². The van der Waals surface area contributed by atoms with E-state index in [2.05, 4.69) is 19.1 Å². The van der Waals surface area contributed by atoms with E-state index in [9.17, 15) is 5.11 Å². The van der Waals surface area contributed by atoms with Crippen LogP contribution in [0.3, 0.4) is 0 Å². The van der Waals surface area contributed by atoms with Gasteiger partial charge in [0.05, 0.1) is 6.10 Å². The van der Waals surface area contributed by atoms with Crippen LogP contribution in [0.15, 0.2) is 12.2 Å². The van der Waals surface area contributed by atoms with Crippen LogP contribution < -0.4 is 0 Å². The summed E-state index contributed by atoms with van der Waals surface area (Å²) in [6.45, 7) is 2.06. The molecule has 1 saturated heterocycles. The molecule has 0 amide bonds. The van der Waals surface area contributed by atoms with Crippen LogP contribution in [0.25, 0.3) is 0 Å². The molecule has 1 aliphatic carbocycles. The fraction of sp³-hybridized carbons (Fsp3) is 0.778. The van der Waals surface area contributed by atoms with Crippen molar-refractivity contribution < 1.29 is 9.84 Å². The van der Waals surface area contributed by atoms with Crippen LogP contribution in [0.1, 0.15) is 19.8 Å². The van der Waals surface area contributed by atoms with Gasteiger partial charge in [-0.3, -0.25) is 0 Å². The molecule has 4 unspecified atom stereocenters. The number of aliphatic hydroxyl groups is 1. The lowest BCUT2D eigenvalue weighted by Gasteiger charge is -2.20. The maximum atomic E-state index is 9.38. The molecular weight excluding hydrogens is 140 g/mol. The smallest absolute Gasteiger partial charge is 0.157 e. The minimum atomic E-state index is -0.523. The summed E-state index contributed by atoms with van der Waals surface area (Å²) < 4.78 is 5.38. The highest BCUT2D eigenvalue weighted by molar-refractivity contribution is 4.99. The van der Waals surface area contributed by atoms with Gasteiger partial charge in [-0.25, -0.2) is 0 Å². The second kappa shape index (κ2) is 2.61. The monoisotopic (exact) mass is 154 g/mol. The van der Waals surface area contributed by atoms with Crippen molar-refractivity contribution in [1.82, 2.24) is 0 Å². The Bertz CT molecular complexity index is 176. The minimum Gasteiger partial charge on any atom is -0.368 e. The van der Waals surface area contributed by atoms with Gasteiger partial charge in [0.1, 0.15) is 0 Å². The van der Waals surface area contributed by atoms with Gasteiger partial charge in [0.15, 0.2) is 6.29 Å². The number of ether oxygens (including phenoxy) is 1. The first-order chi connectivity index (χ1) is 5.29. The number of fused-ring (bicyclic) bond motifs is 1. The van der Waals surface area contributed by atoms with Crippen LogP contribution in [-0.4, -0.2) is 17.5 Å². The number of hydrogen-bond acceptors (Lipinski definition) is 2. The molecule has 2 nitrogen and oxygen atoms in total. The van der Waals surface area contributed by atoms with Crippen molar-refractivity contribution >= 4 is 0 Å². The Balaban J connectivity index is 2.12. The van der Waals surface area contributed by atoms with E-state index in [4.69, 9.17) is 4.74 Å². The van der Waals surface area contributed by atoms with Gasteiger partial charge in [-0.15, -0.1) is 0 Å². The fourth-order valence-electron chi connectivity index (χ4n) is 2.03. The number of rotatable bonds is 0. The first kappa shape index (κ1) is 7.32. The highest BCUT2D eigenvalue weighted by Crippen LogP contribution is 2.37. The van der Waals surface area contributed by atoms with Gasteiger partial charge < -0.3 is 9.84 Å². The Morgan fingerprint density at radius 1 is 1.36 bits per heavy atom. The summed E-state index contributed by atoms with van der Waals surface area (Å²) in [5, 5.41) is 9.38. The van der Waals surface area contributed by atoms with Crippen LogP contribution in [0.4, 0.5) is 0 Å². The molecule has 2 rings (SSSR count). The number of hydrogen-bond donors (Lipinski definition) is 1. The van der Waals surface area contributed by atoms with Crippen molar-refractivity contribution in [2.45, 2.75) is 32.2 Å². The summed E-state index contributed by atoms with van der Waals surface area (Å²) in [6, 6.07) is 0. The number of aliphatic hydroxyl groups excluding tert-OH is 1. The zero-order valence-electron chi connectivity index (χ0n) is 6.73. The lowest BCUT2D eigenvalue weighted by molar-refractivity contribution is -0.105. The minimum absolute atomic E-state index is 0.282. The summed E-state index contributed by atoms with van der Waals surface area (Å²) in [4.78, 5) is 0. The first-order valence-electron chi connectivity index (χ1n) is 4.27. The Kier molecular flexibility index (Phi) is 1.74. The van der Waals surface area contributed by atoms with Crippen molar-refractivity contribution in [2.24, 2.45) is 11.8 Å². The topological polar surface area (TPSA) is 29.5 Å². The van der Waals surface area contributed by atoms with Gasteiger partial charge in [0.25, 0.3) is 0 Å². The van der Waals surface area contributed by atoms with Gasteiger partial charge in [-0.2, -0.15) is 0 Å². The van der Waals surface area contributed by atoms with E-state index < -0.39 is 6.29 Å². The van der Waals surface area contributed by atoms with Crippen LogP contribution in [0.2, 0.25) is 0 Å². The molecule has 62 valence electrons. The Labute approximate surface area is 66.9 Å². The third kappa shape index (κ3) is 1.10. The maximum Gasteiger partial charge on any atom is 0.157 e. The van der Waals surface area contributed by atoms with Gasteiger partial charge in [0, 0.05) is 5.92 Å². The van der Waals surface area contributed by atoms with Crippen molar-refractivity contribution in [3.05, 3.63) is 12.2 Å². The molecule has 0 aromatic carbocycles. The summed E-state index contributed by atoms with van der Waals surface area (Å²) >= 11 is 0. The molecule has 2 aliphatic rings. The summed E-state index contributed by atoms with van der Waals surface area (Å²) in [6.07, 6.45) is 6.15. The molecule has 0 aromatic rings. The molecule has 1 heterocycles. The second-order valence-corrected chi connectivity index (χ2v) is 3.53. The van der Waals surface area contributed by atoms with Gasteiger partial charge >= 0.3 is 0 Å². The predicted octanol–water partition coefficient (Wildman–Crippen LogP) is 1.31. The maximum absolute atomic E-state index is 9.38. The Morgan fingerprint density at radius 2 is 2.09 bits per heavy atom. The molecule has 2 heteroatoms. The average molecular weight is 154 g/mol. The van der Waals surface area contributed by atoms with Crippen LogP contribution >= 0.6 is 0 Å². The van der Waals surface area contributed by atoms with Crippen LogP contribution in [-0.2, 0) is 4.74 Å². The number of allylic oxidation sites excluding steroid dienone is 1. The van der Waals surface area contributed by atoms with E-state index in [0.29, 0.717) is 11.8 Å². The van der Waals surface area contributed by atoms with E-state index in [1.165, 1.54) is 0 Å². The van der Waals surface area contributed by atoms with E-state index in [0.717, 1.165) is 12.8 Å². The van der Waals surface area contributed by atoms with Crippen LogP contribution in [0, 0.1) is 11.8 Å². The highest BCUT2D eigenvalue weighted by atomic mass is 16.6. The van der Waals surface area contributed by atoms with Crippen molar-refractivity contribution in [3.63, 3.8) is 0 Å². The Hall–Kier alpha value is -0.340. The zero-order valence-corrected chi connectivity index (χ0v) is 6.73. The molecule has 1 aliphatic heterocycles. The third-order valence-electron chi connectivity index (χ3n) is 2.86. The van der Waals surface area contributed by atoms with E-state index in [-0.39, 0.29) is 6.10 Å². The quantitative estimate of drug-likeness (QED) is 0.533. The lowest BCUT2D eigenvalue weighted by Crippen LogP contribution is -2.20. The summed E-state index contributed by atoms with van der Waals surface area (Å²) in [5.74, 6) is 0.861. The van der Waals surface area contributed by atoms with Crippen molar-refractivity contribution in [3.8, 4) is 0 Å². The molecule has 0 spiro atoms. The highest BCUT2D eigenvalue weighted by Gasteiger charge is 2.40. The zero-order chi connectivity index (χ0) is 7.84. The van der Waals surface area contributed by atoms with Crippen LogP contribution in [0.5, 0.6) is 0 Å². The molecule has 1 N–H and O–H groups in total. The molecule has 1 fully saturated rings. The SMILES string of the molecule is CC1C(O)OC2CC=CCC21. The normalized spacial score (nSPS) is 49.3. The third-order valence-corrected chi connectivity index (χ3v) is 2.86. The van der Waals surface area contributed by atoms with E-state index >= 15 is 0 Å². The van der Waals surface area contributed by atoms with E-state index in [1.807, 2.05) is 0 Å². The molecule has 11 heavy (non-hydrogen) atoms. The molecule has 4 atom stereocenters. The van der Waals surface area contributed by atoms with Gasteiger partial charge in [0.2, 0.25) is 0 Å². The van der Waals surface area contributed by atoms with Crippen molar-refractivity contribution in [1.29, 1.82) is 0 Å². The summed E-state index contributed by atoms with van der Waals surface area (Å²) in [5.41, 5.74) is 0. The largest absolute Gasteiger partial charge is 0.368 e. The molecule has 0 radical (unpaired) electrons. The molecule has 0 saturated carbocycles. The molecule has 0 bridgehead atoms. The average Bonchev–Trinajstić information content (AvgIpc) is 2.30. The van der Waals surface area contributed by atoms with Crippen molar-refractivity contribution in [2.75, 3.05) is 0 Å². The molecule has 0 aromatic heterocycles.